The zero-order valence-corrected chi connectivity index (χ0v) is 25.2. The molecule has 1 aliphatic heterocycles. The van der Waals surface area contributed by atoms with E-state index in [0.717, 1.165) is 53.5 Å². The van der Waals surface area contributed by atoms with Gasteiger partial charge in [-0.25, -0.2) is 4.98 Å². The Labute approximate surface area is 246 Å². The Bertz CT molecular complexity index is 1500. The number of thioether (sulfide) groups is 1. The number of carbonyl (C=O) groups excluding carboxylic acids is 2. The van der Waals surface area contributed by atoms with Crippen LogP contribution in [0.3, 0.4) is 0 Å². The average Bonchev–Trinajstić information content (AvgIpc) is 3.27. The first-order valence-corrected chi connectivity index (χ1v) is 15.8. The molecule has 2 amide bonds. The summed E-state index contributed by atoms with van der Waals surface area (Å²) in [6.45, 7) is 8.85. The Morgan fingerprint density at radius 2 is 1.78 bits per heavy atom. The van der Waals surface area contributed by atoms with Gasteiger partial charge in [0.25, 0.3) is 0 Å². The number of carbonyl (C=O) groups is 2. The summed E-state index contributed by atoms with van der Waals surface area (Å²) < 4.78 is 2.23. The number of fused-ring (bicyclic) bond motifs is 3. The molecular formula is C32H40N6O2S. The van der Waals surface area contributed by atoms with Crippen molar-refractivity contribution < 1.29 is 9.59 Å². The quantitative estimate of drug-likeness (QED) is 0.166. The summed E-state index contributed by atoms with van der Waals surface area (Å²) in [7, 11) is 0. The van der Waals surface area contributed by atoms with Crippen molar-refractivity contribution in [3.05, 3.63) is 59.7 Å². The largest absolute Gasteiger partial charge is 0.339 e. The second-order valence-corrected chi connectivity index (χ2v) is 12.1. The summed E-state index contributed by atoms with van der Waals surface area (Å²) in [6.07, 6.45) is 4.79. The van der Waals surface area contributed by atoms with Crippen LogP contribution in [0.2, 0.25) is 0 Å². The highest BCUT2D eigenvalue weighted by atomic mass is 32.2. The highest BCUT2D eigenvalue weighted by Gasteiger charge is 2.29. The van der Waals surface area contributed by atoms with E-state index in [-0.39, 0.29) is 17.9 Å². The molecule has 5 rings (SSSR count). The van der Waals surface area contributed by atoms with E-state index in [9.17, 15) is 9.59 Å². The minimum atomic E-state index is 0.0774. The number of benzene rings is 2. The fraction of sp³-hybridized carbons (Fsp3) is 0.469. The van der Waals surface area contributed by atoms with Crippen molar-refractivity contribution in [1.82, 2.24) is 29.5 Å². The number of aryl methyl sites for hydroxylation is 1. The minimum Gasteiger partial charge on any atom is -0.339 e. The Kier molecular flexibility index (Phi) is 9.54. The van der Waals surface area contributed by atoms with Gasteiger partial charge >= 0.3 is 0 Å². The van der Waals surface area contributed by atoms with Gasteiger partial charge in [0.1, 0.15) is 5.52 Å². The number of rotatable bonds is 11. The number of aromatic nitrogens is 4. The predicted octanol–water partition coefficient (Wildman–Crippen LogP) is 5.85. The van der Waals surface area contributed by atoms with E-state index in [1.54, 1.807) is 11.8 Å². The molecule has 0 saturated carbocycles. The molecule has 0 spiro atoms. The van der Waals surface area contributed by atoms with Crippen molar-refractivity contribution in [1.29, 1.82) is 0 Å². The Morgan fingerprint density at radius 3 is 2.56 bits per heavy atom. The third-order valence-electron chi connectivity index (χ3n) is 7.85. The van der Waals surface area contributed by atoms with Crippen LogP contribution in [0.15, 0.2) is 53.7 Å². The van der Waals surface area contributed by atoms with Crippen molar-refractivity contribution in [3.63, 3.8) is 0 Å². The number of nitrogens with zero attached hydrogens (tertiary/aromatic N) is 6. The molecule has 1 aliphatic rings. The summed E-state index contributed by atoms with van der Waals surface area (Å²) in [5, 5.41) is 10.8. The van der Waals surface area contributed by atoms with Crippen molar-refractivity contribution in [2.24, 2.45) is 0 Å². The van der Waals surface area contributed by atoms with Crippen molar-refractivity contribution in [3.8, 4) is 0 Å². The maximum absolute atomic E-state index is 12.8. The monoisotopic (exact) mass is 572 g/mol. The van der Waals surface area contributed by atoms with Crippen LogP contribution in [0.1, 0.15) is 63.5 Å². The molecule has 41 heavy (non-hydrogen) atoms. The minimum absolute atomic E-state index is 0.0774. The molecule has 2 aromatic carbocycles. The molecule has 2 aromatic heterocycles. The van der Waals surface area contributed by atoms with Crippen LogP contribution in [0, 0.1) is 6.92 Å². The number of hydrogen-bond donors (Lipinski definition) is 0. The Balaban J connectivity index is 1.16. The first-order chi connectivity index (χ1) is 19.9. The summed E-state index contributed by atoms with van der Waals surface area (Å²) in [6, 6.07) is 16.9. The average molecular weight is 573 g/mol. The van der Waals surface area contributed by atoms with E-state index in [1.165, 1.54) is 11.1 Å². The summed E-state index contributed by atoms with van der Waals surface area (Å²) in [4.78, 5) is 34.1. The lowest BCUT2D eigenvalue weighted by atomic mass is 10.1. The van der Waals surface area contributed by atoms with Crippen LogP contribution in [0.25, 0.3) is 22.1 Å². The Morgan fingerprint density at radius 1 is 0.976 bits per heavy atom. The van der Waals surface area contributed by atoms with E-state index in [2.05, 4.69) is 71.1 Å². The van der Waals surface area contributed by atoms with Crippen molar-refractivity contribution >= 4 is 45.6 Å². The molecule has 3 heterocycles. The highest BCUT2D eigenvalue weighted by Crippen LogP contribution is 2.29. The van der Waals surface area contributed by atoms with E-state index < -0.39 is 0 Å². The number of hydrogen-bond acceptors (Lipinski definition) is 6. The second kappa shape index (κ2) is 13.5. The standard InChI is InChI=1S/C32H40N6O2S/c1-4-5-13-29(40)37-18-17-36(21-24(37)3)28(39)14-9-10-19-41-32-33-31-30(34-35-32)26-20-23(2)15-16-27(26)38(31)22-25-11-7-6-8-12-25/h6-8,11-12,15-16,20,24H,4-5,9-10,13-14,17-19,21-22H2,1-3H3. The molecule has 0 bridgehead atoms. The third-order valence-corrected chi connectivity index (χ3v) is 8.77. The molecule has 1 fully saturated rings. The van der Waals surface area contributed by atoms with E-state index in [4.69, 9.17) is 4.98 Å². The van der Waals surface area contributed by atoms with Crippen molar-refractivity contribution in [2.45, 2.75) is 77.0 Å². The molecule has 4 aromatic rings. The van der Waals surface area contributed by atoms with E-state index >= 15 is 0 Å². The third kappa shape index (κ3) is 6.89. The summed E-state index contributed by atoms with van der Waals surface area (Å²) in [5.41, 5.74) is 5.18. The number of piperazine rings is 1. The van der Waals surface area contributed by atoms with E-state index in [0.29, 0.717) is 44.2 Å². The van der Waals surface area contributed by atoms with Gasteiger partial charge in [-0.2, -0.15) is 0 Å². The molecule has 1 unspecified atom stereocenters. The van der Waals surface area contributed by atoms with Gasteiger partial charge in [-0.05, 0) is 50.8 Å². The predicted molar refractivity (Wildman–Crippen MR) is 165 cm³/mol. The molecule has 1 atom stereocenters. The normalized spacial score (nSPS) is 15.6. The fourth-order valence-electron chi connectivity index (χ4n) is 5.57. The van der Waals surface area contributed by atoms with E-state index in [1.807, 2.05) is 22.8 Å². The molecule has 216 valence electrons. The first-order valence-electron chi connectivity index (χ1n) is 14.8. The highest BCUT2D eigenvalue weighted by molar-refractivity contribution is 7.99. The number of unbranched alkanes of at least 4 members (excludes halogenated alkanes) is 2. The van der Waals surface area contributed by atoms with Crippen LogP contribution in [0.4, 0.5) is 0 Å². The lowest BCUT2D eigenvalue weighted by molar-refractivity contribution is -0.142. The topological polar surface area (TPSA) is 84.2 Å². The van der Waals surface area contributed by atoms with Gasteiger partial charge in [0.2, 0.25) is 17.0 Å². The lowest BCUT2D eigenvalue weighted by Crippen LogP contribution is -2.55. The second-order valence-electron chi connectivity index (χ2n) is 11.0. The summed E-state index contributed by atoms with van der Waals surface area (Å²) in [5.74, 6) is 1.23. The maximum atomic E-state index is 12.8. The van der Waals surface area contributed by atoms with Crippen LogP contribution in [0.5, 0.6) is 0 Å². The van der Waals surface area contributed by atoms with Gasteiger partial charge < -0.3 is 14.4 Å². The molecule has 0 N–H and O–H groups in total. The lowest BCUT2D eigenvalue weighted by Gasteiger charge is -2.40. The maximum Gasteiger partial charge on any atom is 0.222 e. The van der Waals surface area contributed by atoms with Gasteiger partial charge in [-0.3, -0.25) is 9.59 Å². The van der Waals surface area contributed by atoms with Gasteiger partial charge in [0, 0.05) is 56.2 Å². The smallest absolute Gasteiger partial charge is 0.222 e. The molecule has 9 heteroatoms. The van der Waals surface area contributed by atoms with Gasteiger partial charge in [-0.1, -0.05) is 67.1 Å². The Hall–Kier alpha value is -3.46. The molecular weight excluding hydrogens is 532 g/mol. The molecule has 0 aliphatic carbocycles. The van der Waals surface area contributed by atoms with Gasteiger partial charge in [0.05, 0.1) is 5.52 Å². The van der Waals surface area contributed by atoms with Gasteiger partial charge in [-0.15, -0.1) is 10.2 Å². The molecule has 1 saturated heterocycles. The van der Waals surface area contributed by atoms with Crippen LogP contribution in [-0.4, -0.2) is 72.8 Å². The molecule has 8 nitrogen and oxygen atoms in total. The molecule has 0 radical (unpaired) electrons. The van der Waals surface area contributed by atoms with Crippen LogP contribution < -0.4 is 0 Å². The SMILES string of the molecule is CCCCC(=O)N1CCN(C(=O)CCCCSc2nnc3c4cc(C)ccc4n(Cc4ccccc4)c3n2)CC1C. The fourth-order valence-corrected chi connectivity index (χ4v) is 6.35. The van der Waals surface area contributed by atoms with Crippen LogP contribution >= 0.6 is 11.8 Å². The zero-order valence-electron chi connectivity index (χ0n) is 24.4. The first kappa shape index (κ1) is 29.0. The van der Waals surface area contributed by atoms with Gasteiger partial charge in [0.15, 0.2) is 5.65 Å². The van der Waals surface area contributed by atoms with Crippen LogP contribution in [-0.2, 0) is 16.1 Å². The number of amides is 2. The zero-order chi connectivity index (χ0) is 28.8. The summed E-state index contributed by atoms with van der Waals surface area (Å²) >= 11 is 1.59. The van der Waals surface area contributed by atoms with Crippen molar-refractivity contribution in [2.75, 3.05) is 25.4 Å².